The summed E-state index contributed by atoms with van der Waals surface area (Å²) in [5.41, 5.74) is 1.07. The Hall–Kier alpha value is -1.69. The van der Waals surface area contributed by atoms with E-state index in [1.807, 2.05) is 0 Å². The normalized spacial score (nSPS) is 27.0. The van der Waals surface area contributed by atoms with E-state index in [0.717, 1.165) is 56.1 Å². The van der Waals surface area contributed by atoms with Crippen LogP contribution < -0.4 is 4.90 Å². The number of ether oxygens (including phenoxy) is 1. The third-order valence-electron chi connectivity index (χ3n) is 5.96. The lowest BCUT2D eigenvalue weighted by atomic mass is 9.89. The van der Waals surface area contributed by atoms with Crippen LogP contribution in [-0.4, -0.2) is 60.2 Å². The zero-order valence-corrected chi connectivity index (χ0v) is 16.1. The Morgan fingerprint density at radius 1 is 1.12 bits per heavy atom. The van der Waals surface area contributed by atoms with Gasteiger partial charge in [0, 0.05) is 44.9 Å². The van der Waals surface area contributed by atoms with Crippen LogP contribution in [0.2, 0.25) is 0 Å². The maximum atomic E-state index is 12.1. The number of carbonyl (C=O) groups is 1. The van der Waals surface area contributed by atoms with Crippen molar-refractivity contribution >= 4 is 11.7 Å². The van der Waals surface area contributed by atoms with Gasteiger partial charge < -0.3 is 14.5 Å². The minimum atomic E-state index is -0.237. The van der Waals surface area contributed by atoms with Crippen LogP contribution in [0.1, 0.15) is 56.0 Å². The van der Waals surface area contributed by atoms with Crippen molar-refractivity contribution in [2.45, 2.75) is 63.6 Å². The van der Waals surface area contributed by atoms with Gasteiger partial charge in [-0.1, -0.05) is 0 Å². The molecule has 3 aliphatic rings. The van der Waals surface area contributed by atoms with Gasteiger partial charge in [-0.2, -0.15) is 0 Å². The molecule has 2 atom stereocenters. The molecule has 1 aliphatic carbocycles. The maximum Gasteiger partial charge on any atom is 0.251 e. The third kappa shape index (κ3) is 3.70. The van der Waals surface area contributed by atoms with Gasteiger partial charge in [-0.25, -0.2) is 9.97 Å². The maximum absolute atomic E-state index is 12.1. The van der Waals surface area contributed by atoms with Crippen LogP contribution in [0.25, 0.3) is 0 Å². The van der Waals surface area contributed by atoms with Crippen molar-refractivity contribution in [2.75, 3.05) is 32.1 Å². The second-order valence-electron chi connectivity index (χ2n) is 8.30. The third-order valence-corrected chi connectivity index (χ3v) is 5.96. The number of aryl methyl sites for hydroxylation is 1. The molecule has 3 heterocycles. The number of nitrogens with zero attached hydrogens (tertiary/aromatic N) is 4. The van der Waals surface area contributed by atoms with Gasteiger partial charge in [0.15, 0.2) is 0 Å². The summed E-state index contributed by atoms with van der Waals surface area (Å²) in [5, 5.41) is 0. The Morgan fingerprint density at radius 3 is 2.50 bits per heavy atom. The van der Waals surface area contributed by atoms with Gasteiger partial charge in [0.05, 0.1) is 6.10 Å². The molecular formula is C20H30N4O2. The van der Waals surface area contributed by atoms with E-state index in [1.54, 1.807) is 19.0 Å². The molecule has 6 heteroatoms. The molecule has 2 aliphatic heterocycles. The molecule has 0 radical (unpaired) electrons. The van der Waals surface area contributed by atoms with Crippen molar-refractivity contribution < 1.29 is 9.53 Å². The number of piperidine rings is 1. The molecule has 1 aromatic heterocycles. The van der Waals surface area contributed by atoms with E-state index in [0.29, 0.717) is 11.8 Å². The average Bonchev–Trinajstić information content (AvgIpc) is 3.38. The van der Waals surface area contributed by atoms with Gasteiger partial charge in [0.2, 0.25) is 0 Å². The molecule has 1 amide bonds. The van der Waals surface area contributed by atoms with Gasteiger partial charge in [0.25, 0.3) is 5.91 Å². The van der Waals surface area contributed by atoms with Crippen molar-refractivity contribution in [1.29, 1.82) is 0 Å². The SMILES string of the molecule is Cc1cc(N2CCC([C@@H]3CC[C@H](C(=O)N(C)C)O3)CC2)nc(C2CC2)n1. The van der Waals surface area contributed by atoms with E-state index in [4.69, 9.17) is 9.72 Å². The van der Waals surface area contributed by atoms with Crippen molar-refractivity contribution in [3.8, 4) is 0 Å². The zero-order valence-electron chi connectivity index (χ0n) is 16.1. The smallest absolute Gasteiger partial charge is 0.251 e. The first-order chi connectivity index (χ1) is 12.5. The molecule has 0 unspecified atom stereocenters. The quantitative estimate of drug-likeness (QED) is 0.828. The number of amides is 1. The van der Waals surface area contributed by atoms with Gasteiger partial charge in [-0.05, 0) is 51.4 Å². The minimum Gasteiger partial charge on any atom is -0.365 e. The van der Waals surface area contributed by atoms with Gasteiger partial charge >= 0.3 is 0 Å². The molecule has 0 bridgehead atoms. The van der Waals surface area contributed by atoms with Crippen LogP contribution >= 0.6 is 0 Å². The second-order valence-corrected chi connectivity index (χ2v) is 8.30. The summed E-state index contributed by atoms with van der Waals surface area (Å²) in [5.74, 6) is 3.37. The standard InChI is InChI=1S/C20H30N4O2/c1-13-12-18(22-19(21-13)15-4-5-15)24-10-8-14(9-11-24)16-6-7-17(26-16)20(25)23(2)3/h12,14-17H,4-11H2,1-3H3/t16-,17+/m0/s1. The largest absolute Gasteiger partial charge is 0.365 e. The van der Waals surface area contributed by atoms with Crippen molar-refractivity contribution in [3.63, 3.8) is 0 Å². The summed E-state index contributed by atoms with van der Waals surface area (Å²) < 4.78 is 6.11. The van der Waals surface area contributed by atoms with Crippen LogP contribution in [0.15, 0.2) is 6.07 Å². The molecule has 0 aromatic carbocycles. The highest BCUT2D eigenvalue weighted by molar-refractivity contribution is 5.80. The molecule has 1 aromatic rings. The molecule has 1 saturated carbocycles. The fraction of sp³-hybridized carbons (Fsp3) is 0.750. The fourth-order valence-corrected chi connectivity index (χ4v) is 4.24. The van der Waals surface area contributed by atoms with E-state index in [1.165, 1.54) is 12.8 Å². The Bertz CT molecular complexity index is 666. The molecular weight excluding hydrogens is 328 g/mol. The number of hydrogen-bond acceptors (Lipinski definition) is 5. The van der Waals surface area contributed by atoms with E-state index in [-0.39, 0.29) is 18.1 Å². The summed E-state index contributed by atoms with van der Waals surface area (Å²) in [6.07, 6.45) is 6.54. The first kappa shape index (κ1) is 17.7. The number of hydrogen-bond donors (Lipinski definition) is 0. The summed E-state index contributed by atoms with van der Waals surface area (Å²) in [6.45, 7) is 4.09. The Labute approximate surface area is 155 Å². The van der Waals surface area contributed by atoms with Crippen molar-refractivity contribution in [1.82, 2.24) is 14.9 Å². The van der Waals surface area contributed by atoms with Gasteiger partial charge in [0.1, 0.15) is 17.7 Å². The number of likely N-dealkylation sites (N-methyl/N-ethyl adjacent to an activating group) is 1. The zero-order chi connectivity index (χ0) is 18.3. The number of carbonyl (C=O) groups excluding carboxylic acids is 1. The lowest BCUT2D eigenvalue weighted by Gasteiger charge is -2.35. The molecule has 6 nitrogen and oxygen atoms in total. The number of rotatable bonds is 4. The summed E-state index contributed by atoms with van der Waals surface area (Å²) >= 11 is 0. The predicted octanol–water partition coefficient (Wildman–Crippen LogP) is 2.51. The highest BCUT2D eigenvalue weighted by Gasteiger charge is 2.37. The first-order valence-corrected chi connectivity index (χ1v) is 9.98. The number of aromatic nitrogens is 2. The van der Waals surface area contributed by atoms with E-state index >= 15 is 0 Å². The first-order valence-electron chi connectivity index (χ1n) is 9.98. The van der Waals surface area contributed by atoms with Crippen LogP contribution in [0, 0.1) is 12.8 Å². The highest BCUT2D eigenvalue weighted by atomic mass is 16.5. The second kappa shape index (κ2) is 7.14. The van der Waals surface area contributed by atoms with Crippen LogP contribution in [0.3, 0.4) is 0 Å². The van der Waals surface area contributed by atoms with E-state index in [9.17, 15) is 4.79 Å². The monoisotopic (exact) mass is 358 g/mol. The minimum absolute atomic E-state index is 0.106. The Morgan fingerprint density at radius 2 is 1.85 bits per heavy atom. The van der Waals surface area contributed by atoms with Crippen LogP contribution in [-0.2, 0) is 9.53 Å². The van der Waals surface area contributed by atoms with Crippen molar-refractivity contribution in [3.05, 3.63) is 17.6 Å². The average molecular weight is 358 g/mol. The molecule has 3 fully saturated rings. The lowest BCUT2D eigenvalue weighted by molar-refractivity contribution is -0.141. The van der Waals surface area contributed by atoms with E-state index < -0.39 is 0 Å². The predicted molar refractivity (Wildman–Crippen MR) is 100 cm³/mol. The molecule has 0 spiro atoms. The summed E-state index contributed by atoms with van der Waals surface area (Å²) in [4.78, 5) is 25.6. The molecule has 0 N–H and O–H groups in total. The molecule has 142 valence electrons. The number of anilines is 1. The van der Waals surface area contributed by atoms with E-state index in [2.05, 4.69) is 22.9 Å². The Kier molecular flexibility index (Phi) is 4.86. The van der Waals surface area contributed by atoms with Crippen LogP contribution in [0.5, 0.6) is 0 Å². The van der Waals surface area contributed by atoms with Crippen LogP contribution in [0.4, 0.5) is 5.82 Å². The molecule has 4 rings (SSSR count). The van der Waals surface area contributed by atoms with Gasteiger partial charge in [-0.15, -0.1) is 0 Å². The van der Waals surface area contributed by atoms with Gasteiger partial charge in [-0.3, -0.25) is 4.79 Å². The topological polar surface area (TPSA) is 58.6 Å². The molecule has 26 heavy (non-hydrogen) atoms. The highest BCUT2D eigenvalue weighted by Crippen LogP contribution is 2.39. The summed E-state index contributed by atoms with van der Waals surface area (Å²) in [6, 6.07) is 2.12. The summed E-state index contributed by atoms with van der Waals surface area (Å²) in [7, 11) is 3.61. The molecule has 2 saturated heterocycles. The fourth-order valence-electron chi connectivity index (χ4n) is 4.24. The lowest BCUT2D eigenvalue weighted by Crippen LogP contribution is -2.39. The Balaban J connectivity index is 1.34. The van der Waals surface area contributed by atoms with Crippen molar-refractivity contribution in [2.24, 2.45) is 5.92 Å².